The summed E-state index contributed by atoms with van der Waals surface area (Å²) in [5.41, 5.74) is 0.200. The molecular formula is C17H21N3O4S2. The minimum absolute atomic E-state index is 0.0384. The number of benzene rings is 1. The van der Waals surface area contributed by atoms with Crippen LogP contribution in [0, 0.1) is 0 Å². The molecule has 1 aromatic carbocycles. The van der Waals surface area contributed by atoms with Crippen LogP contribution in [0.15, 0.2) is 39.7 Å². The van der Waals surface area contributed by atoms with E-state index in [1.165, 1.54) is 36.6 Å². The van der Waals surface area contributed by atoms with E-state index in [1.54, 1.807) is 17.8 Å². The third kappa shape index (κ3) is 4.05. The summed E-state index contributed by atoms with van der Waals surface area (Å²) in [5.74, 6) is -0.295. The smallest absolute Gasteiger partial charge is 0.279 e. The third-order valence-corrected chi connectivity index (χ3v) is 6.72. The zero-order valence-corrected chi connectivity index (χ0v) is 16.3. The Morgan fingerprint density at radius 2 is 2.08 bits per heavy atom. The molecule has 1 heterocycles. The molecule has 1 aliphatic carbocycles. The standard InChI is InChI=1S/C17H21N3O4S2/c1-20-9-10-25-17(20)18-16(21)12-7-8-14(24-2)15(11-12)26(22,23)19-13-5-3-4-6-13/h7-11,13,19H,3-6H2,1-2H3. The van der Waals surface area contributed by atoms with Gasteiger partial charge in [0.2, 0.25) is 10.0 Å². The molecule has 1 fully saturated rings. The van der Waals surface area contributed by atoms with Crippen LogP contribution in [0.1, 0.15) is 36.0 Å². The molecular weight excluding hydrogens is 374 g/mol. The van der Waals surface area contributed by atoms with Crippen LogP contribution >= 0.6 is 11.3 Å². The van der Waals surface area contributed by atoms with E-state index in [0.29, 0.717) is 4.80 Å². The number of methoxy groups -OCH3 is 1. The average molecular weight is 396 g/mol. The summed E-state index contributed by atoms with van der Waals surface area (Å²) in [6.45, 7) is 0. The predicted octanol–water partition coefficient (Wildman–Crippen LogP) is 2.06. The second kappa shape index (κ2) is 7.73. The summed E-state index contributed by atoms with van der Waals surface area (Å²) >= 11 is 1.33. The molecule has 1 amide bonds. The lowest BCUT2D eigenvalue weighted by atomic mass is 10.2. The van der Waals surface area contributed by atoms with Crippen LogP contribution < -0.4 is 14.3 Å². The number of amides is 1. The number of aromatic nitrogens is 1. The second-order valence-corrected chi connectivity index (χ2v) is 8.74. The molecule has 0 spiro atoms. The van der Waals surface area contributed by atoms with Gasteiger partial charge in [0, 0.05) is 30.2 Å². The largest absolute Gasteiger partial charge is 0.495 e. The number of hydrogen-bond acceptors (Lipinski definition) is 5. The van der Waals surface area contributed by atoms with Crippen molar-refractivity contribution in [3.8, 4) is 5.75 Å². The number of aryl methyl sites for hydroxylation is 1. The van der Waals surface area contributed by atoms with Crippen LogP contribution in [0.4, 0.5) is 0 Å². The normalized spacial score (nSPS) is 16.2. The number of thiazole rings is 1. The Balaban J connectivity index is 1.96. The van der Waals surface area contributed by atoms with Gasteiger partial charge in [0.05, 0.1) is 7.11 Å². The molecule has 1 aromatic heterocycles. The number of nitrogens with one attached hydrogen (secondary N) is 1. The number of carbonyl (C=O) groups excluding carboxylic acids is 1. The molecule has 0 unspecified atom stereocenters. The molecule has 0 radical (unpaired) electrons. The van der Waals surface area contributed by atoms with Gasteiger partial charge in [-0.25, -0.2) is 13.1 Å². The van der Waals surface area contributed by atoms with Crippen molar-refractivity contribution in [1.29, 1.82) is 0 Å². The Morgan fingerprint density at radius 3 is 2.69 bits per heavy atom. The Bertz CT molecular complexity index is 970. The number of carbonyl (C=O) groups is 1. The summed E-state index contributed by atoms with van der Waals surface area (Å²) < 4.78 is 35.2. The Kier molecular flexibility index (Phi) is 5.59. The minimum Gasteiger partial charge on any atom is -0.495 e. The molecule has 9 heteroatoms. The van der Waals surface area contributed by atoms with Crippen LogP contribution in [0.5, 0.6) is 5.75 Å². The van der Waals surface area contributed by atoms with Gasteiger partial charge >= 0.3 is 0 Å². The van der Waals surface area contributed by atoms with Gasteiger partial charge in [-0.2, -0.15) is 4.99 Å². The molecule has 2 aromatic rings. The molecule has 140 valence electrons. The number of rotatable bonds is 5. The highest BCUT2D eigenvalue weighted by Gasteiger charge is 2.26. The maximum absolute atomic E-state index is 12.8. The quantitative estimate of drug-likeness (QED) is 0.839. The Morgan fingerprint density at radius 1 is 1.35 bits per heavy atom. The molecule has 0 saturated heterocycles. The van der Waals surface area contributed by atoms with Gasteiger partial charge in [-0.3, -0.25) is 4.79 Å². The number of sulfonamides is 1. The second-order valence-electron chi connectivity index (χ2n) is 6.18. The fourth-order valence-corrected chi connectivity index (χ4v) is 5.16. The first kappa shape index (κ1) is 18.8. The van der Waals surface area contributed by atoms with Gasteiger partial charge in [0.15, 0.2) is 4.80 Å². The van der Waals surface area contributed by atoms with E-state index in [0.717, 1.165) is 25.7 Å². The molecule has 0 aliphatic heterocycles. The van der Waals surface area contributed by atoms with Crippen molar-refractivity contribution < 1.29 is 17.9 Å². The summed E-state index contributed by atoms with van der Waals surface area (Å²) in [6, 6.07) is 4.27. The van der Waals surface area contributed by atoms with E-state index < -0.39 is 15.9 Å². The lowest BCUT2D eigenvalue weighted by Gasteiger charge is -2.15. The van der Waals surface area contributed by atoms with Crippen molar-refractivity contribution in [3.63, 3.8) is 0 Å². The lowest BCUT2D eigenvalue weighted by Crippen LogP contribution is -2.33. The first-order valence-corrected chi connectivity index (χ1v) is 10.7. The first-order valence-electron chi connectivity index (χ1n) is 8.30. The number of hydrogen-bond donors (Lipinski definition) is 1. The van der Waals surface area contributed by atoms with E-state index in [4.69, 9.17) is 4.74 Å². The molecule has 0 bridgehead atoms. The third-order valence-electron chi connectivity index (χ3n) is 4.33. The lowest BCUT2D eigenvalue weighted by molar-refractivity contribution is 0.0997. The van der Waals surface area contributed by atoms with E-state index in [-0.39, 0.29) is 22.3 Å². The highest BCUT2D eigenvalue weighted by Crippen LogP contribution is 2.27. The summed E-state index contributed by atoms with van der Waals surface area (Å²) in [5, 5.41) is 1.82. The van der Waals surface area contributed by atoms with Crippen molar-refractivity contribution in [2.45, 2.75) is 36.6 Å². The van der Waals surface area contributed by atoms with Gasteiger partial charge < -0.3 is 9.30 Å². The summed E-state index contributed by atoms with van der Waals surface area (Å²) in [6.07, 6.45) is 5.47. The van der Waals surface area contributed by atoms with E-state index in [9.17, 15) is 13.2 Å². The SMILES string of the molecule is COc1ccc(C(=O)N=c2sccn2C)cc1S(=O)(=O)NC1CCCC1. The van der Waals surface area contributed by atoms with Crippen LogP contribution in [0.2, 0.25) is 0 Å². The summed E-state index contributed by atoms with van der Waals surface area (Å²) in [7, 11) is -0.590. The molecule has 0 atom stereocenters. The maximum atomic E-state index is 12.8. The summed E-state index contributed by atoms with van der Waals surface area (Å²) in [4.78, 5) is 17.0. The fraction of sp³-hybridized carbons (Fsp3) is 0.412. The zero-order chi connectivity index (χ0) is 18.7. The van der Waals surface area contributed by atoms with Crippen molar-refractivity contribution in [2.24, 2.45) is 12.0 Å². The predicted molar refractivity (Wildman–Crippen MR) is 98.8 cm³/mol. The van der Waals surface area contributed by atoms with Gasteiger partial charge in [-0.1, -0.05) is 12.8 Å². The molecule has 1 saturated carbocycles. The van der Waals surface area contributed by atoms with Gasteiger partial charge in [-0.05, 0) is 31.0 Å². The van der Waals surface area contributed by atoms with Crippen LogP contribution in [0.3, 0.4) is 0 Å². The van der Waals surface area contributed by atoms with E-state index in [2.05, 4.69) is 9.71 Å². The van der Waals surface area contributed by atoms with Crippen molar-refractivity contribution in [3.05, 3.63) is 40.1 Å². The highest BCUT2D eigenvalue weighted by atomic mass is 32.2. The number of nitrogens with zero attached hydrogens (tertiary/aromatic N) is 2. The highest BCUT2D eigenvalue weighted by molar-refractivity contribution is 7.89. The first-order chi connectivity index (χ1) is 12.4. The minimum atomic E-state index is -3.78. The van der Waals surface area contributed by atoms with Crippen LogP contribution in [-0.2, 0) is 17.1 Å². The van der Waals surface area contributed by atoms with Crippen molar-refractivity contribution in [1.82, 2.24) is 9.29 Å². The van der Waals surface area contributed by atoms with E-state index in [1.807, 2.05) is 5.38 Å². The maximum Gasteiger partial charge on any atom is 0.279 e. The van der Waals surface area contributed by atoms with Crippen LogP contribution in [0.25, 0.3) is 0 Å². The van der Waals surface area contributed by atoms with Crippen molar-refractivity contribution >= 4 is 27.3 Å². The van der Waals surface area contributed by atoms with Gasteiger partial charge in [-0.15, -0.1) is 11.3 Å². The molecule has 3 rings (SSSR count). The van der Waals surface area contributed by atoms with Crippen molar-refractivity contribution in [2.75, 3.05) is 7.11 Å². The molecule has 1 N–H and O–H groups in total. The number of ether oxygens (including phenoxy) is 1. The van der Waals surface area contributed by atoms with E-state index >= 15 is 0 Å². The average Bonchev–Trinajstić information content (AvgIpc) is 3.26. The molecule has 7 nitrogen and oxygen atoms in total. The van der Waals surface area contributed by atoms with Crippen LogP contribution in [-0.4, -0.2) is 32.0 Å². The Labute approximate surface area is 156 Å². The fourth-order valence-electron chi connectivity index (χ4n) is 2.93. The van der Waals surface area contributed by atoms with Gasteiger partial charge in [0.1, 0.15) is 10.6 Å². The topological polar surface area (TPSA) is 89.8 Å². The molecule has 1 aliphatic rings. The van der Waals surface area contributed by atoms with Gasteiger partial charge in [0.25, 0.3) is 5.91 Å². The monoisotopic (exact) mass is 395 g/mol. The zero-order valence-electron chi connectivity index (χ0n) is 14.6. The Hall–Kier alpha value is -1.97. The molecule has 26 heavy (non-hydrogen) atoms.